The zero-order chi connectivity index (χ0) is 21.5. The van der Waals surface area contributed by atoms with Crippen molar-refractivity contribution in [3.8, 4) is 11.5 Å². The highest BCUT2D eigenvalue weighted by molar-refractivity contribution is 6.03. The fraction of sp³-hybridized carbons (Fsp3) is 0.200. The summed E-state index contributed by atoms with van der Waals surface area (Å²) in [7, 11) is 0. The normalized spacial score (nSPS) is 11.7. The molecule has 1 heterocycles. The lowest BCUT2D eigenvalue weighted by molar-refractivity contribution is -0.116. The van der Waals surface area contributed by atoms with Crippen LogP contribution >= 0.6 is 0 Å². The Morgan fingerprint density at radius 2 is 1.58 bits per heavy atom. The number of anilines is 1. The first-order valence-electron chi connectivity index (χ1n) is 10.3. The highest BCUT2D eigenvalue weighted by Crippen LogP contribution is 2.32. The number of fused-ring (bicyclic) bond motifs is 1. The molecule has 31 heavy (non-hydrogen) atoms. The van der Waals surface area contributed by atoms with E-state index < -0.39 is 0 Å². The molecular formula is C25H24N2O4. The Labute approximate surface area is 181 Å². The largest absolute Gasteiger partial charge is 0.454 e. The van der Waals surface area contributed by atoms with Crippen LogP contribution in [0.15, 0.2) is 72.8 Å². The zero-order valence-electron chi connectivity index (χ0n) is 17.1. The van der Waals surface area contributed by atoms with Gasteiger partial charge in [0.1, 0.15) is 0 Å². The first-order valence-corrected chi connectivity index (χ1v) is 10.3. The molecule has 158 valence electrons. The molecule has 6 nitrogen and oxygen atoms in total. The molecule has 0 saturated heterocycles. The van der Waals surface area contributed by atoms with Crippen molar-refractivity contribution >= 4 is 17.5 Å². The molecule has 1 aliphatic rings. The van der Waals surface area contributed by atoms with Gasteiger partial charge >= 0.3 is 0 Å². The highest BCUT2D eigenvalue weighted by atomic mass is 16.7. The van der Waals surface area contributed by atoms with Crippen molar-refractivity contribution in [1.29, 1.82) is 0 Å². The van der Waals surface area contributed by atoms with E-state index in [-0.39, 0.29) is 18.6 Å². The van der Waals surface area contributed by atoms with Gasteiger partial charge in [-0.1, -0.05) is 48.5 Å². The van der Waals surface area contributed by atoms with E-state index in [1.54, 1.807) is 24.3 Å². The van der Waals surface area contributed by atoms with Crippen LogP contribution < -0.4 is 20.1 Å². The summed E-state index contributed by atoms with van der Waals surface area (Å²) in [6.07, 6.45) is 1.61. The monoisotopic (exact) mass is 416 g/mol. The van der Waals surface area contributed by atoms with Crippen LogP contribution in [0.1, 0.15) is 27.9 Å². The third-order valence-corrected chi connectivity index (χ3v) is 5.07. The van der Waals surface area contributed by atoms with Crippen molar-refractivity contribution in [2.45, 2.75) is 19.3 Å². The fourth-order valence-corrected chi connectivity index (χ4v) is 3.42. The van der Waals surface area contributed by atoms with E-state index in [0.29, 0.717) is 36.4 Å². The quantitative estimate of drug-likeness (QED) is 0.583. The number of nitrogens with one attached hydrogen (secondary N) is 2. The van der Waals surface area contributed by atoms with Crippen LogP contribution in [0, 0.1) is 0 Å². The van der Waals surface area contributed by atoms with E-state index in [9.17, 15) is 9.59 Å². The lowest BCUT2D eigenvalue weighted by atomic mass is 10.1. The maximum atomic E-state index is 12.6. The molecule has 0 radical (unpaired) electrons. The molecule has 0 aliphatic carbocycles. The van der Waals surface area contributed by atoms with Gasteiger partial charge in [-0.05, 0) is 48.2 Å². The molecule has 0 spiro atoms. The van der Waals surface area contributed by atoms with E-state index in [4.69, 9.17) is 9.47 Å². The van der Waals surface area contributed by atoms with Gasteiger partial charge in [-0.15, -0.1) is 0 Å². The number of ether oxygens (including phenoxy) is 2. The molecule has 0 unspecified atom stereocenters. The van der Waals surface area contributed by atoms with Crippen LogP contribution in [0.5, 0.6) is 11.5 Å². The summed E-state index contributed by atoms with van der Waals surface area (Å²) in [5, 5.41) is 5.79. The van der Waals surface area contributed by atoms with Crippen molar-refractivity contribution in [2.24, 2.45) is 0 Å². The Morgan fingerprint density at radius 1 is 0.806 bits per heavy atom. The summed E-state index contributed by atoms with van der Waals surface area (Å²) in [5.74, 6) is 1.07. The second-order valence-corrected chi connectivity index (χ2v) is 7.27. The minimum Gasteiger partial charge on any atom is -0.454 e. The van der Waals surface area contributed by atoms with Crippen molar-refractivity contribution < 1.29 is 19.1 Å². The molecule has 2 amide bonds. The Balaban J connectivity index is 1.31. The van der Waals surface area contributed by atoms with Crippen LogP contribution in [0.25, 0.3) is 0 Å². The summed E-state index contributed by atoms with van der Waals surface area (Å²) in [5.41, 5.74) is 3.11. The minimum atomic E-state index is -0.206. The van der Waals surface area contributed by atoms with Crippen molar-refractivity contribution in [1.82, 2.24) is 5.32 Å². The van der Waals surface area contributed by atoms with Gasteiger partial charge in [-0.25, -0.2) is 0 Å². The standard InChI is InChI=1S/C25H24N2O4/c28-24(13-11-19-10-12-22-23(16-19)31-17-30-22)27-21-9-5-4-8-20(21)25(29)26-15-14-18-6-2-1-3-7-18/h1-10,12,16H,11,13-15,17H2,(H,26,29)(H,27,28). The predicted octanol–water partition coefficient (Wildman–Crippen LogP) is 3.96. The van der Waals surface area contributed by atoms with Gasteiger partial charge in [-0.2, -0.15) is 0 Å². The number of aryl methyl sites for hydroxylation is 1. The second kappa shape index (κ2) is 9.80. The van der Waals surface area contributed by atoms with Crippen molar-refractivity contribution in [3.63, 3.8) is 0 Å². The number of para-hydroxylation sites is 1. The molecule has 2 N–H and O–H groups in total. The highest BCUT2D eigenvalue weighted by Gasteiger charge is 2.15. The predicted molar refractivity (Wildman–Crippen MR) is 118 cm³/mol. The third kappa shape index (κ3) is 5.42. The molecule has 0 atom stereocenters. The Hall–Kier alpha value is -3.80. The maximum Gasteiger partial charge on any atom is 0.253 e. The van der Waals surface area contributed by atoms with E-state index in [0.717, 1.165) is 23.3 Å². The maximum absolute atomic E-state index is 12.6. The van der Waals surface area contributed by atoms with Gasteiger partial charge in [0.05, 0.1) is 11.3 Å². The number of rotatable bonds is 8. The molecule has 4 rings (SSSR count). The van der Waals surface area contributed by atoms with Crippen molar-refractivity contribution in [2.75, 3.05) is 18.7 Å². The van der Waals surface area contributed by atoms with E-state index >= 15 is 0 Å². The van der Waals surface area contributed by atoms with Gasteiger partial charge in [0.2, 0.25) is 12.7 Å². The number of benzene rings is 3. The smallest absolute Gasteiger partial charge is 0.253 e. The van der Waals surface area contributed by atoms with Gasteiger partial charge < -0.3 is 20.1 Å². The van der Waals surface area contributed by atoms with Gasteiger partial charge in [0.15, 0.2) is 11.5 Å². The molecule has 0 bridgehead atoms. The van der Waals surface area contributed by atoms with Crippen LogP contribution in [0.2, 0.25) is 0 Å². The summed E-state index contributed by atoms with van der Waals surface area (Å²) >= 11 is 0. The molecule has 0 aromatic heterocycles. The molecule has 1 aliphatic heterocycles. The zero-order valence-corrected chi connectivity index (χ0v) is 17.1. The van der Waals surface area contributed by atoms with Gasteiger partial charge in [-0.3, -0.25) is 9.59 Å². The SMILES string of the molecule is O=C(CCc1ccc2c(c1)OCO2)Nc1ccccc1C(=O)NCCc1ccccc1. The first kappa shape index (κ1) is 20.5. The Morgan fingerprint density at radius 3 is 2.45 bits per heavy atom. The number of carbonyl (C=O) groups excluding carboxylic acids is 2. The lowest BCUT2D eigenvalue weighted by Gasteiger charge is -2.12. The van der Waals surface area contributed by atoms with E-state index in [1.165, 1.54) is 0 Å². The molecule has 3 aromatic carbocycles. The Kier molecular flexibility index (Phi) is 6.47. The molecule has 0 fully saturated rings. The van der Waals surface area contributed by atoms with Gasteiger partial charge in [0, 0.05) is 13.0 Å². The third-order valence-electron chi connectivity index (χ3n) is 5.07. The van der Waals surface area contributed by atoms with Crippen molar-refractivity contribution in [3.05, 3.63) is 89.5 Å². The summed E-state index contributed by atoms with van der Waals surface area (Å²) < 4.78 is 10.7. The average Bonchev–Trinajstić information content (AvgIpc) is 3.27. The van der Waals surface area contributed by atoms with Crippen LogP contribution in [0.4, 0.5) is 5.69 Å². The van der Waals surface area contributed by atoms with Crippen LogP contribution in [-0.4, -0.2) is 25.2 Å². The molecule has 3 aromatic rings. The van der Waals surface area contributed by atoms with Crippen LogP contribution in [0.3, 0.4) is 0 Å². The fourth-order valence-electron chi connectivity index (χ4n) is 3.42. The number of hydrogen-bond donors (Lipinski definition) is 2. The first-order chi connectivity index (χ1) is 15.2. The minimum absolute atomic E-state index is 0.151. The molecule has 0 saturated carbocycles. The average molecular weight is 416 g/mol. The number of amides is 2. The Bertz CT molecular complexity index is 1070. The van der Waals surface area contributed by atoms with E-state index in [2.05, 4.69) is 10.6 Å². The number of hydrogen-bond acceptors (Lipinski definition) is 4. The summed E-state index contributed by atoms with van der Waals surface area (Å²) in [6.45, 7) is 0.749. The molecular weight excluding hydrogens is 392 g/mol. The lowest BCUT2D eigenvalue weighted by Crippen LogP contribution is -2.27. The summed E-state index contributed by atoms with van der Waals surface area (Å²) in [6, 6.07) is 22.7. The van der Waals surface area contributed by atoms with Crippen LogP contribution in [-0.2, 0) is 17.6 Å². The summed E-state index contributed by atoms with van der Waals surface area (Å²) in [4.78, 5) is 25.1. The van der Waals surface area contributed by atoms with Gasteiger partial charge in [0.25, 0.3) is 5.91 Å². The topological polar surface area (TPSA) is 76.7 Å². The molecule has 6 heteroatoms. The van der Waals surface area contributed by atoms with E-state index in [1.807, 2.05) is 48.5 Å². The number of carbonyl (C=O) groups is 2. The second-order valence-electron chi connectivity index (χ2n) is 7.27.